The molecule has 0 aromatic carbocycles. The standard InChI is InChI=1S/C2H11NSi2.C2H8Si.CH4.H2P2S/c1-3(4)5-2;1-3-2;;1-2-3/h5H2,1-2,4H3;3H2,1-2H3;1H4;1H2. The third kappa shape index (κ3) is 102. The second kappa shape index (κ2) is 29.4. The van der Waals surface area contributed by atoms with E-state index in [0.29, 0.717) is 9.52 Å². The molecule has 12 heavy (non-hydrogen) atoms. The van der Waals surface area contributed by atoms with Crippen molar-refractivity contribution in [2.45, 2.75) is 27.1 Å². The fourth-order valence-electron chi connectivity index (χ4n) is 0. The van der Waals surface area contributed by atoms with Gasteiger partial charge in [0.2, 0.25) is 0 Å². The van der Waals surface area contributed by atoms with E-state index < -0.39 is 0 Å². The molecule has 0 rings (SSSR count). The van der Waals surface area contributed by atoms with Gasteiger partial charge in [-0.05, 0) is 14.1 Å². The van der Waals surface area contributed by atoms with Gasteiger partial charge in [-0.1, -0.05) is 47.8 Å². The zero-order valence-electron chi connectivity index (χ0n) is 8.29. The molecule has 0 spiro atoms. The van der Waals surface area contributed by atoms with Gasteiger partial charge in [-0.3, -0.25) is 0 Å². The maximum absolute atomic E-state index is 4.33. The molecular formula is C5H25NP2SSi3. The molecule has 0 saturated heterocycles. The Morgan fingerprint density at radius 1 is 1.42 bits per heavy atom. The average Bonchev–Trinajstić information content (AvgIpc) is 1.91. The summed E-state index contributed by atoms with van der Waals surface area (Å²) in [6.45, 7) is 6.83. The number of hydrogen-bond acceptors (Lipinski definition) is 2. The van der Waals surface area contributed by atoms with Gasteiger partial charge >= 0.3 is 0 Å². The van der Waals surface area contributed by atoms with Gasteiger partial charge in [-0.2, -0.15) is 0 Å². The third-order valence-corrected chi connectivity index (χ3v) is 3.79. The number of hydrogen-bond donors (Lipinski definition) is 0. The molecule has 0 bridgehead atoms. The molecule has 0 radical (unpaired) electrons. The molecule has 0 saturated carbocycles. The summed E-state index contributed by atoms with van der Waals surface area (Å²) in [5.41, 5.74) is 0. The topological polar surface area (TPSA) is 3.24 Å². The molecule has 1 unspecified atom stereocenters. The van der Waals surface area contributed by atoms with Crippen LogP contribution in [-0.2, 0) is 11.8 Å². The Morgan fingerprint density at radius 3 is 1.50 bits per heavy atom. The largest absolute Gasteiger partial charge is 0.360 e. The van der Waals surface area contributed by atoms with Crippen LogP contribution in [0.15, 0.2) is 0 Å². The Morgan fingerprint density at radius 2 is 1.50 bits per heavy atom. The van der Waals surface area contributed by atoms with Crippen molar-refractivity contribution in [1.82, 2.24) is 4.23 Å². The van der Waals surface area contributed by atoms with E-state index in [1.807, 2.05) is 0 Å². The van der Waals surface area contributed by atoms with Crippen LogP contribution < -0.4 is 0 Å². The molecule has 0 N–H and O–H groups in total. The Kier molecular flexibility index (Phi) is 57.3. The van der Waals surface area contributed by atoms with Crippen molar-refractivity contribution in [2.24, 2.45) is 0 Å². The summed E-state index contributed by atoms with van der Waals surface area (Å²) >= 11 is 4.33. The quantitative estimate of drug-likeness (QED) is 0.504. The maximum atomic E-state index is 4.33. The smallest absolute Gasteiger partial charge is 0.0835 e. The van der Waals surface area contributed by atoms with Crippen LogP contribution in [-0.4, -0.2) is 40.9 Å². The van der Waals surface area contributed by atoms with Crippen molar-refractivity contribution in [3.8, 4) is 0 Å². The predicted molar refractivity (Wildman–Crippen MR) is 83.1 cm³/mol. The molecule has 1 atom stereocenters. The van der Waals surface area contributed by atoms with E-state index in [2.05, 4.69) is 51.7 Å². The van der Waals surface area contributed by atoms with Crippen LogP contribution in [0.4, 0.5) is 0 Å². The first-order chi connectivity index (χ1) is 5.10. The highest BCUT2D eigenvalue weighted by Crippen LogP contribution is 1.99. The molecule has 0 aliphatic rings. The first kappa shape index (κ1) is 23.4. The second-order valence-electron chi connectivity index (χ2n) is 2.21. The zero-order valence-corrected chi connectivity index (χ0v) is 16.0. The van der Waals surface area contributed by atoms with Gasteiger partial charge in [0.25, 0.3) is 0 Å². The first-order valence-electron chi connectivity index (χ1n) is 3.77. The first-order valence-corrected chi connectivity index (χ1v) is 13.1. The minimum Gasteiger partial charge on any atom is -0.360 e. The second-order valence-corrected chi connectivity index (χ2v) is 11.1. The highest BCUT2D eigenvalue weighted by Gasteiger charge is 1.73. The summed E-state index contributed by atoms with van der Waals surface area (Å²) in [4.78, 5) is 0. The van der Waals surface area contributed by atoms with Crippen LogP contribution in [0.2, 0.25) is 19.6 Å². The van der Waals surface area contributed by atoms with Gasteiger partial charge in [0, 0.05) is 9.52 Å². The van der Waals surface area contributed by atoms with Crippen LogP contribution >= 0.6 is 16.0 Å². The summed E-state index contributed by atoms with van der Waals surface area (Å²) in [5, 5.41) is 0. The maximum Gasteiger partial charge on any atom is 0.0835 e. The normalized spacial score (nSPS) is 8.50. The highest BCUT2D eigenvalue weighted by atomic mass is 32.6. The van der Waals surface area contributed by atoms with E-state index in [1.54, 1.807) is 0 Å². The molecule has 1 nitrogen and oxygen atoms in total. The SMILES string of the molecule is C.C[SiH2]C.C[SiH2]N(C)[SiH3].PP=S. The summed E-state index contributed by atoms with van der Waals surface area (Å²) < 4.78 is 2.40. The molecule has 78 valence electrons. The van der Waals surface area contributed by atoms with Crippen LogP contribution in [0.1, 0.15) is 7.43 Å². The summed E-state index contributed by atoms with van der Waals surface area (Å²) in [6.07, 6.45) is 0. The van der Waals surface area contributed by atoms with Crippen molar-refractivity contribution in [3.05, 3.63) is 0 Å². The Balaban J connectivity index is -0.0000000406. The van der Waals surface area contributed by atoms with E-state index in [4.69, 9.17) is 0 Å². The van der Waals surface area contributed by atoms with Gasteiger partial charge < -0.3 is 4.23 Å². The summed E-state index contributed by atoms with van der Waals surface area (Å²) in [7, 11) is 7.39. The van der Waals surface area contributed by atoms with Crippen LogP contribution in [0, 0.1) is 0 Å². The fourth-order valence-corrected chi connectivity index (χ4v) is 0. The zero-order chi connectivity index (χ0) is 9.70. The van der Waals surface area contributed by atoms with Gasteiger partial charge in [0.15, 0.2) is 0 Å². The molecule has 0 aliphatic carbocycles. The molecule has 0 aliphatic heterocycles. The molecule has 0 aromatic rings. The van der Waals surface area contributed by atoms with Crippen molar-refractivity contribution in [2.75, 3.05) is 7.05 Å². The van der Waals surface area contributed by atoms with E-state index in [1.165, 1.54) is 10.4 Å². The number of nitrogens with zero attached hydrogens (tertiary/aromatic N) is 1. The lowest BCUT2D eigenvalue weighted by Crippen LogP contribution is -2.14. The van der Waals surface area contributed by atoms with Crippen LogP contribution in [0.5, 0.6) is 0 Å². The number of rotatable bonds is 1. The Bertz CT molecular complexity index is 68.7. The van der Waals surface area contributed by atoms with E-state index in [-0.39, 0.29) is 17.1 Å². The lowest BCUT2D eigenvalue weighted by atomic mass is 11.6. The average molecular weight is 278 g/mol. The van der Waals surface area contributed by atoms with Crippen molar-refractivity contribution < 1.29 is 0 Å². The van der Waals surface area contributed by atoms with Gasteiger partial charge in [0.1, 0.15) is 0 Å². The lowest BCUT2D eigenvalue weighted by Gasteiger charge is -1.99. The molecule has 0 fully saturated rings. The summed E-state index contributed by atoms with van der Waals surface area (Å²) in [6, 6.07) is 0. The van der Waals surface area contributed by atoms with E-state index in [0.717, 1.165) is 7.04 Å². The minimum absolute atomic E-state index is 0. The fraction of sp³-hybridized carbons (Fsp3) is 1.00. The highest BCUT2D eigenvalue weighted by molar-refractivity contribution is 8.24. The van der Waals surface area contributed by atoms with E-state index >= 15 is 0 Å². The summed E-state index contributed by atoms with van der Waals surface area (Å²) in [5.74, 6) is 0. The molecule has 7 heteroatoms. The van der Waals surface area contributed by atoms with Crippen molar-refractivity contribution in [1.29, 1.82) is 0 Å². The van der Waals surface area contributed by atoms with Gasteiger partial charge in [0.05, 0.1) is 20.1 Å². The molecule has 0 amide bonds. The molecule has 0 heterocycles. The molecular weight excluding hydrogens is 252 g/mol. The third-order valence-electron chi connectivity index (χ3n) is 0.632. The van der Waals surface area contributed by atoms with Gasteiger partial charge in [-0.15, -0.1) is 0 Å². The minimum atomic E-state index is 0. The van der Waals surface area contributed by atoms with E-state index in [9.17, 15) is 0 Å². The van der Waals surface area contributed by atoms with Gasteiger partial charge in [-0.25, -0.2) is 0 Å². The molecule has 0 aromatic heterocycles. The van der Waals surface area contributed by atoms with Crippen molar-refractivity contribution >= 4 is 57.4 Å². The monoisotopic (exact) mass is 277 g/mol. The van der Waals surface area contributed by atoms with Crippen LogP contribution in [0.25, 0.3) is 0 Å². The Hall–Kier alpha value is 1.56. The lowest BCUT2D eigenvalue weighted by molar-refractivity contribution is 0.872. The van der Waals surface area contributed by atoms with Crippen LogP contribution in [0.3, 0.4) is 0 Å². The predicted octanol–water partition coefficient (Wildman–Crippen LogP) is 0.403. The Labute approximate surface area is 95.6 Å². The van der Waals surface area contributed by atoms with Crippen molar-refractivity contribution in [3.63, 3.8) is 0 Å².